The molecular formula is C27H26N2O2. The van der Waals surface area contributed by atoms with Crippen LogP contribution in [0.25, 0.3) is 10.8 Å². The minimum atomic E-state index is -0.103. The average molecular weight is 411 g/mol. The Hall–Kier alpha value is -3.79. The maximum absolute atomic E-state index is 12.4. The van der Waals surface area contributed by atoms with Crippen LogP contribution in [0, 0.1) is 0 Å². The minimum absolute atomic E-state index is 0.103. The van der Waals surface area contributed by atoms with Crippen molar-refractivity contribution in [3.63, 3.8) is 0 Å². The van der Waals surface area contributed by atoms with Crippen molar-refractivity contribution < 1.29 is 9.53 Å². The van der Waals surface area contributed by atoms with Gasteiger partial charge in [0.05, 0.1) is 13.2 Å². The summed E-state index contributed by atoms with van der Waals surface area (Å²) in [4.78, 5) is 12.4. The topological polar surface area (TPSA) is 50.4 Å². The summed E-state index contributed by atoms with van der Waals surface area (Å²) in [5, 5.41) is 8.42. The van der Waals surface area contributed by atoms with E-state index in [-0.39, 0.29) is 12.5 Å². The van der Waals surface area contributed by atoms with E-state index < -0.39 is 0 Å². The maximum Gasteiger partial charge on any atom is 0.243 e. The fourth-order valence-electron chi connectivity index (χ4n) is 3.53. The molecule has 0 heterocycles. The Kier molecular flexibility index (Phi) is 6.81. The van der Waals surface area contributed by atoms with E-state index in [0.29, 0.717) is 6.61 Å². The molecular weight excluding hydrogens is 384 g/mol. The first-order valence-corrected chi connectivity index (χ1v) is 10.6. The van der Waals surface area contributed by atoms with Gasteiger partial charge in [-0.25, -0.2) is 0 Å². The maximum atomic E-state index is 12.4. The van der Waals surface area contributed by atoms with Gasteiger partial charge in [-0.15, -0.1) is 0 Å². The number of amides is 1. The molecule has 0 fully saturated rings. The quantitative estimate of drug-likeness (QED) is 0.338. The Labute approximate surface area is 182 Å². The van der Waals surface area contributed by atoms with Crippen molar-refractivity contribution in [3.05, 3.63) is 103 Å². The van der Waals surface area contributed by atoms with Gasteiger partial charge in [0.25, 0.3) is 0 Å². The van der Waals surface area contributed by atoms with Crippen LogP contribution in [0.15, 0.2) is 97.1 Å². The third kappa shape index (κ3) is 5.86. The molecule has 0 aliphatic heterocycles. The summed E-state index contributed by atoms with van der Waals surface area (Å²) in [5.41, 5.74) is 2.99. The predicted octanol–water partition coefficient (Wildman–Crippen LogP) is 5.90. The molecule has 0 atom stereocenters. The van der Waals surface area contributed by atoms with Crippen LogP contribution in [0.5, 0.6) is 5.75 Å². The molecule has 0 bridgehead atoms. The number of carbonyl (C=O) groups is 1. The molecule has 2 N–H and O–H groups in total. The highest BCUT2D eigenvalue weighted by Crippen LogP contribution is 2.23. The monoisotopic (exact) mass is 410 g/mol. The van der Waals surface area contributed by atoms with Crippen molar-refractivity contribution in [3.8, 4) is 5.75 Å². The van der Waals surface area contributed by atoms with Crippen LogP contribution < -0.4 is 15.4 Å². The first-order chi connectivity index (χ1) is 15.3. The lowest BCUT2D eigenvalue weighted by molar-refractivity contribution is -0.114. The largest absolute Gasteiger partial charge is 0.494 e. The highest BCUT2D eigenvalue weighted by atomic mass is 16.5. The number of ether oxygens (including phenoxy) is 1. The van der Waals surface area contributed by atoms with Gasteiger partial charge in [-0.2, -0.15) is 0 Å². The average Bonchev–Trinajstić information content (AvgIpc) is 2.81. The van der Waals surface area contributed by atoms with Crippen LogP contribution in [-0.2, 0) is 11.2 Å². The summed E-state index contributed by atoms with van der Waals surface area (Å²) in [6.45, 7) is 0.825. The SMILES string of the molecule is O=C(CNc1cccc2ccccc12)Nc1cccc(OCCCc2ccccc2)c1. The lowest BCUT2D eigenvalue weighted by Gasteiger charge is -2.11. The van der Waals surface area contributed by atoms with E-state index in [2.05, 4.69) is 47.0 Å². The summed E-state index contributed by atoms with van der Waals surface area (Å²) in [5.74, 6) is 0.655. The smallest absolute Gasteiger partial charge is 0.243 e. The second-order valence-corrected chi connectivity index (χ2v) is 7.39. The van der Waals surface area contributed by atoms with E-state index in [1.54, 1.807) is 0 Å². The van der Waals surface area contributed by atoms with Gasteiger partial charge in [-0.05, 0) is 42.0 Å². The molecule has 0 aliphatic carbocycles. The lowest BCUT2D eigenvalue weighted by atomic mass is 10.1. The molecule has 0 aromatic heterocycles. The first-order valence-electron chi connectivity index (χ1n) is 10.6. The molecule has 4 aromatic carbocycles. The van der Waals surface area contributed by atoms with E-state index >= 15 is 0 Å². The molecule has 0 radical (unpaired) electrons. The van der Waals surface area contributed by atoms with Crippen molar-refractivity contribution in [1.29, 1.82) is 0 Å². The number of carbonyl (C=O) groups excluding carboxylic acids is 1. The van der Waals surface area contributed by atoms with Crippen molar-refractivity contribution in [2.24, 2.45) is 0 Å². The molecule has 4 heteroatoms. The number of fused-ring (bicyclic) bond motifs is 1. The number of benzene rings is 4. The standard InChI is InChI=1S/C27H26N2O2/c30-27(20-28-26-17-6-13-22-12-4-5-16-25(22)26)29-23-14-7-15-24(19-23)31-18-8-11-21-9-2-1-3-10-21/h1-7,9-10,12-17,19,28H,8,11,18,20H2,(H,29,30). The molecule has 4 rings (SSSR count). The van der Waals surface area contributed by atoms with Gasteiger partial charge < -0.3 is 15.4 Å². The Morgan fingerprint density at radius 3 is 2.48 bits per heavy atom. The molecule has 0 unspecified atom stereocenters. The van der Waals surface area contributed by atoms with Crippen LogP contribution >= 0.6 is 0 Å². The van der Waals surface area contributed by atoms with Gasteiger partial charge in [-0.1, -0.05) is 72.8 Å². The highest BCUT2D eigenvalue weighted by molar-refractivity contribution is 5.98. The van der Waals surface area contributed by atoms with Crippen LogP contribution in [0.4, 0.5) is 11.4 Å². The molecule has 0 spiro atoms. The van der Waals surface area contributed by atoms with Crippen LogP contribution in [0.2, 0.25) is 0 Å². The Bertz CT molecular complexity index is 1140. The van der Waals surface area contributed by atoms with E-state index in [0.717, 1.165) is 40.7 Å². The fourth-order valence-corrected chi connectivity index (χ4v) is 3.53. The zero-order chi connectivity index (χ0) is 21.3. The molecule has 31 heavy (non-hydrogen) atoms. The third-order valence-electron chi connectivity index (χ3n) is 5.07. The van der Waals surface area contributed by atoms with E-state index in [1.807, 2.05) is 60.7 Å². The van der Waals surface area contributed by atoms with E-state index in [4.69, 9.17) is 4.74 Å². The van der Waals surface area contributed by atoms with Gasteiger partial charge in [0.2, 0.25) is 5.91 Å². The number of hydrogen-bond donors (Lipinski definition) is 2. The molecule has 4 nitrogen and oxygen atoms in total. The highest BCUT2D eigenvalue weighted by Gasteiger charge is 2.06. The molecule has 156 valence electrons. The Morgan fingerprint density at radius 2 is 1.58 bits per heavy atom. The van der Waals surface area contributed by atoms with E-state index in [1.165, 1.54) is 5.56 Å². The van der Waals surface area contributed by atoms with Crippen molar-refractivity contribution in [2.75, 3.05) is 23.8 Å². The number of hydrogen-bond acceptors (Lipinski definition) is 3. The third-order valence-corrected chi connectivity index (χ3v) is 5.07. The zero-order valence-electron chi connectivity index (χ0n) is 17.4. The Balaban J connectivity index is 1.26. The van der Waals surface area contributed by atoms with Crippen molar-refractivity contribution in [1.82, 2.24) is 0 Å². The summed E-state index contributed by atoms with van der Waals surface area (Å²) < 4.78 is 5.86. The van der Waals surface area contributed by atoms with Crippen molar-refractivity contribution in [2.45, 2.75) is 12.8 Å². The van der Waals surface area contributed by atoms with Crippen LogP contribution in [0.1, 0.15) is 12.0 Å². The first kappa shape index (κ1) is 20.5. The molecule has 0 saturated carbocycles. The molecule has 4 aromatic rings. The number of aryl methyl sites for hydroxylation is 1. The van der Waals surface area contributed by atoms with Gasteiger partial charge >= 0.3 is 0 Å². The number of rotatable bonds is 9. The molecule has 0 saturated heterocycles. The summed E-state index contributed by atoms with van der Waals surface area (Å²) >= 11 is 0. The second kappa shape index (κ2) is 10.3. The van der Waals surface area contributed by atoms with Gasteiger partial charge in [0.1, 0.15) is 5.75 Å². The number of anilines is 2. The summed E-state index contributed by atoms with van der Waals surface area (Å²) in [6, 6.07) is 32.1. The molecule has 0 aliphatic rings. The second-order valence-electron chi connectivity index (χ2n) is 7.39. The zero-order valence-corrected chi connectivity index (χ0v) is 17.4. The Morgan fingerprint density at radius 1 is 0.806 bits per heavy atom. The summed E-state index contributed by atoms with van der Waals surface area (Å²) in [6.07, 6.45) is 1.92. The number of nitrogens with one attached hydrogen (secondary N) is 2. The van der Waals surface area contributed by atoms with Crippen LogP contribution in [0.3, 0.4) is 0 Å². The van der Waals surface area contributed by atoms with E-state index in [9.17, 15) is 4.79 Å². The van der Waals surface area contributed by atoms with Gasteiger partial charge in [0, 0.05) is 22.8 Å². The normalized spacial score (nSPS) is 10.6. The minimum Gasteiger partial charge on any atom is -0.494 e. The fraction of sp³-hybridized carbons (Fsp3) is 0.148. The summed E-state index contributed by atoms with van der Waals surface area (Å²) in [7, 11) is 0. The van der Waals surface area contributed by atoms with Crippen molar-refractivity contribution >= 4 is 28.1 Å². The van der Waals surface area contributed by atoms with Crippen LogP contribution in [-0.4, -0.2) is 19.1 Å². The molecule has 1 amide bonds. The predicted molar refractivity (Wildman–Crippen MR) is 128 cm³/mol. The lowest BCUT2D eigenvalue weighted by Crippen LogP contribution is -2.21. The van der Waals surface area contributed by atoms with Gasteiger partial charge in [-0.3, -0.25) is 4.79 Å². The van der Waals surface area contributed by atoms with Gasteiger partial charge in [0.15, 0.2) is 0 Å².